The van der Waals surface area contributed by atoms with Gasteiger partial charge in [-0.25, -0.2) is 0 Å². The minimum atomic E-state index is -0.0728. The molecule has 0 unspecified atom stereocenters. The van der Waals surface area contributed by atoms with E-state index >= 15 is 0 Å². The van der Waals surface area contributed by atoms with Gasteiger partial charge in [0.05, 0.1) is 36.0 Å². The second-order valence-electron chi connectivity index (χ2n) is 9.59. The highest BCUT2D eigenvalue weighted by Gasteiger charge is 2.28. The lowest BCUT2D eigenvalue weighted by atomic mass is 9.88. The van der Waals surface area contributed by atoms with Crippen LogP contribution in [0.1, 0.15) is 47.2 Å². The number of methoxy groups -OCH3 is 1. The number of anilines is 1. The minimum Gasteiger partial charge on any atom is -0.496 e. The van der Waals surface area contributed by atoms with Crippen molar-refractivity contribution in [3.63, 3.8) is 0 Å². The lowest BCUT2D eigenvalue weighted by molar-refractivity contribution is 0.0841. The van der Waals surface area contributed by atoms with E-state index in [1.807, 2.05) is 43.1 Å². The second-order valence-corrected chi connectivity index (χ2v) is 9.59. The summed E-state index contributed by atoms with van der Waals surface area (Å²) in [6, 6.07) is 14.2. The largest absolute Gasteiger partial charge is 0.496 e. The van der Waals surface area contributed by atoms with Gasteiger partial charge in [-0.3, -0.25) is 9.79 Å². The third-order valence-corrected chi connectivity index (χ3v) is 7.22. The highest BCUT2D eigenvalue weighted by Crippen LogP contribution is 2.33. The van der Waals surface area contributed by atoms with Gasteiger partial charge in [0.25, 0.3) is 5.91 Å². The smallest absolute Gasteiger partial charge is 0.260 e. The Morgan fingerprint density at radius 2 is 1.83 bits per heavy atom. The number of rotatable bonds is 5. The fourth-order valence-corrected chi connectivity index (χ4v) is 4.90. The van der Waals surface area contributed by atoms with Crippen molar-refractivity contribution < 1.29 is 9.53 Å². The molecule has 35 heavy (non-hydrogen) atoms. The van der Waals surface area contributed by atoms with E-state index < -0.39 is 0 Å². The van der Waals surface area contributed by atoms with E-state index in [9.17, 15) is 4.79 Å². The lowest BCUT2D eigenvalue weighted by Gasteiger charge is -2.29. The van der Waals surface area contributed by atoms with Crippen LogP contribution in [-0.4, -0.2) is 62.8 Å². The average molecular weight is 473 g/mol. The Bertz CT molecular complexity index is 1170. The number of benzene rings is 2. The van der Waals surface area contributed by atoms with E-state index in [0.29, 0.717) is 23.6 Å². The van der Waals surface area contributed by atoms with Crippen molar-refractivity contribution in [1.29, 1.82) is 0 Å². The predicted molar refractivity (Wildman–Crippen MR) is 143 cm³/mol. The third-order valence-electron chi connectivity index (χ3n) is 7.22. The van der Waals surface area contributed by atoms with Crippen molar-refractivity contribution in [2.75, 3.05) is 46.2 Å². The van der Waals surface area contributed by atoms with E-state index in [2.05, 4.69) is 36.7 Å². The molecule has 1 saturated heterocycles. The molecule has 1 fully saturated rings. The summed E-state index contributed by atoms with van der Waals surface area (Å²) in [6.07, 6.45) is 4.78. The monoisotopic (exact) mass is 472 g/mol. The van der Waals surface area contributed by atoms with Crippen LogP contribution < -0.4 is 9.64 Å². The number of piperidine rings is 1. The van der Waals surface area contributed by atoms with Crippen molar-refractivity contribution in [2.24, 2.45) is 4.99 Å². The summed E-state index contributed by atoms with van der Waals surface area (Å²) in [5, 5.41) is 0. The summed E-state index contributed by atoms with van der Waals surface area (Å²) in [4.78, 5) is 23.8. The standard InChI is InChI=1S/C29H36N4O2/c1-20(17-24-12-11-23(18-28(24)35-6)22-13-15-31(3)16-14-22)30-19-27-21(2)32(4)26-10-8-7-9-25(26)29(34)33(27)5/h7-12,18-19,22H,2,13-17H2,1,3-6H3/b27-19+,30-20?. The molecule has 6 nitrogen and oxygen atoms in total. The molecule has 2 aliphatic heterocycles. The van der Waals surface area contributed by atoms with Gasteiger partial charge < -0.3 is 19.4 Å². The molecule has 0 N–H and O–H groups in total. The van der Waals surface area contributed by atoms with Gasteiger partial charge in [-0.15, -0.1) is 0 Å². The number of hydrogen-bond donors (Lipinski definition) is 0. The summed E-state index contributed by atoms with van der Waals surface area (Å²) in [7, 11) is 7.61. The number of likely N-dealkylation sites (N-methyl/N-ethyl adjacent to an activating group) is 2. The van der Waals surface area contributed by atoms with Crippen molar-refractivity contribution in [2.45, 2.75) is 32.1 Å². The number of likely N-dealkylation sites (tertiary alicyclic amines) is 1. The molecule has 0 aliphatic carbocycles. The van der Waals surface area contributed by atoms with E-state index in [0.717, 1.165) is 41.5 Å². The molecule has 2 aromatic carbocycles. The first-order valence-electron chi connectivity index (χ1n) is 12.2. The fourth-order valence-electron chi connectivity index (χ4n) is 4.90. The number of aliphatic imine (C=N–C) groups is 1. The van der Waals surface area contributed by atoms with Crippen LogP contribution in [-0.2, 0) is 6.42 Å². The predicted octanol–water partition coefficient (Wildman–Crippen LogP) is 5.08. The van der Waals surface area contributed by atoms with E-state index in [1.54, 1.807) is 25.3 Å². The normalized spacial score (nSPS) is 19.2. The Balaban J connectivity index is 1.54. The van der Waals surface area contributed by atoms with Crippen LogP contribution in [0.2, 0.25) is 0 Å². The van der Waals surface area contributed by atoms with Crippen LogP contribution >= 0.6 is 0 Å². The molecule has 184 valence electrons. The quantitative estimate of drug-likeness (QED) is 0.569. The van der Waals surface area contributed by atoms with E-state index in [1.165, 1.54) is 18.4 Å². The Hall–Kier alpha value is -3.38. The molecule has 2 aliphatic rings. The van der Waals surface area contributed by atoms with Crippen LogP contribution in [0.15, 0.2) is 71.6 Å². The maximum atomic E-state index is 13.1. The van der Waals surface area contributed by atoms with Gasteiger partial charge >= 0.3 is 0 Å². The maximum Gasteiger partial charge on any atom is 0.260 e. The zero-order chi connectivity index (χ0) is 25.1. The zero-order valence-electron chi connectivity index (χ0n) is 21.5. The van der Waals surface area contributed by atoms with Gasteiger partial charge in [0.15, 0.2) is 0 Å². The molecule has 4 rings (SSSR count). The molecule has 0 atom stereocenters. The molecule has 1 amide bonds. The maximum absolute atomic E-state index is 13.1. The number of carbonyl (C=O) groups excluding carboxylic acids is 1. The van der Waals surface area contributed by atoms with Crippen LogP contribution in [0.25, 0.3) is 0 Å². The van der Waals surface area contributed by atoms with Gasteiger partial charge in [-0.2, -0.15) is 0 Å². The van der Waals surface area contributed by atoms with E-state index in [-0.39, 0.29) is 5.91 Å². The lowest BCUT2D eigenvalue weighted by Crippen LogP contribution is -2.29. The van der Waals surface area contributed by atoms with Crippen molar-refractivity contribution in [3.8, 4) is 5.75 Å². The SMILES string of the molecule is C=C1/C(=C\N=C(C)Cc2ccc(C3CCN(C)CC3)cc2OC)N(C)C(=O)c2ccccc2N1C. The van der Waals surface area contributed by atoms with Crippen LogP contribution in [0.3, 0.4) is 0 Å². The molecule has 0 bridgehead atoms. The molecule has 0 radical (unpaired) electrons. The summed E-state index contributed by atoms with van der Waals surface area (Å²) >= 11 is 0. The third kappa shape index (κ3) is 5.17. The number of nitrogens with zero attached hydrogens (tertiary/aromatic N) is 4. The summed E-state index contributed by atoms with van der Waals surface area (Å²) < 4.78 is 5.75. The Labute approximate surface area is 209 Å². The first kappa shape index (κ1) is 24.7. The topological polar surface area (TPSA) is 48.4 Å². The van der Waals surface area contributed by atoms with Gasteiger partial charge in [-0.05, 0) is 75.1 Å². The number of hydrogen-bond acceptors (Lipinski definition) is 5. The number of amides is 1. The van der Waals surface area contributed by atoms with Crippen LogP contribution in [0.5, 0.6) is 5.75 Å². The van der Waals surface area contributed by atoms with Gasteiger partial charge in [-0.1, -0.05) is 30.8 Å². The number of ether oxygens (including phenoxy) is 1. The average Bonchev–Trinajstić information content (AvgIpc) is 2.94. The number of fused-ring (bicyclic) bond motifs is 1. The van der Waals surface area contributed by atoms with Crippen molar-refractivity contribution in [1.82, 2.24) is 9.80 Å². The number of para-hydroxylation sites is 1. The van der Waals surface area contributed by atoms with E-state index in [4.69, 9.17) is 9.73 Å². The first-order valence-corrected chi connectivity index (χ1v) is 12.2. The Morgan fingerprint density at radius 1 is 1.11 bits per heavy atom. The van der Waals surface area contributed by atoms with Crippen molar-refractivity contribution in [3.05, 3.63) is 83.3 Å². The van der Waals surface area contributed by atoms with Gasteiger partial charge in [0.1, 0.15) is 5.75 Å². The molecule has 2 heterocycles. The molecule has 2 aromatic rings. The van der Waals surface area contributed by atoms with Crippen molar-refractivity contribution >= 4 is 17.3 Å². The second kappa shape index (κ2) is 10.5. The summed E-state index contributed by atoms with van der Waals surface area (Å²) in [5.41, 5.74) is 6.29. The zero-order valence-corrected chi connectivity index (χ0v) is 21.5. The molecule has 6 heteroatoms. The highest BCUT2D eigenvalue weighted by molar-refractivity contribution is 6.02. The Kier molecular flexibility index (Phi) is 7.41. The Morgan fingerprint density at radius 3 is 2.54 bits per heavy atom. The molecular formula is C29H36N4O2. The highest BCUT2D eigenvalue weighted by atomic mass is 16.5. The fraction of sp³-hybridized carbons (Fsp3) is 0.379. The number of carbonyl (C=O) groups is 1. The molecular weight excluding hydrogens is 436 g/mol. The van der Waals surface area contributed by atoms with Crippen LogP contribution in [0.4, 0.5) is 5.69 Å². The summed E-state index contributed by atoms with van der Waals surface area (Å²) in [6.45, 7) is 8.51. The minimum absolute atomic E-state index is 0.0728. The summed E-state index contributed by atoms with van der Waals surface area (Å²) in [5.74, 6) is 1.42. The molecule has 0 saturated carbocycles. The van der Waals surface area contributed by atoms with Gasteiger partial charge in [0, 0.05) is 26.2 Å². The molecule has 0 aromatic heterocycles. The first-order chi connectivity index (χ1) is 16.8. The van der Waals surface area contributed by atoms with Crippen LogP contribution in [0, 0.1) is 0 Å². The van der Waals surface area contributed by atoms with Gasteiger partial charge in [0.2, 0.25) is 0 Å². The molecule has 0 spiro atoms.